The second-order valence-electron chi connectivity index (χ2n) is 4.36. The fourth-order valence-electron chi connectivity index (χ4n) is 2.04. The zero-order valence-electron chi connectivity index (χ0n) is 10.7. The van der Waals surface area contributed by atoms with Crippen molar-refractivity contribution in [2.75, 3.05) is 12.1 Å². The smallest absolute Gasteiger partial charge is 0.296 e. The predicted molar refractivity (Wildman–Crippen MR) is 75.6 cm³/mol. The average Bonchev–Trinajstić information content (AvgIpc) is 3.08. The van der Waals surface area contributed by atoms with Gasteiger partial charge in [-0.2, -0.15) is 0 Å². The molecule has 7 heteroatoms. The molecule has 6 nitrogen and oxygen atoms in total. The average molecular weight is 292 g/mol. The van der Waals surface area contributed by atoms with Crippen LogP contribution in [0.15, 0.2) is 29.6 Å². The Kier molecular flexibility index (Phi) is 3.19. The summed E-state index contributed by atoms with van der Waals surface area (Å²) in [6, 6.07) is 6.93. The molecule has 1 atom stereocenters. The first-order valence-corrected chi connectivity index (χ1v) is 6.91. The second kappa shape index (κ2) is 5.01. The molecular formula is C13H12N2O4S. The number of ether oxygens (including phenoxy) is 2. The maximum absolute atomic E-state index is 11.2. The Morgan fingerprint density at radius 2 is 2.15 bits per heavy atom. The van der Waals surface area contributed by atoms with Gasteiger partial charge < -0.3 is 14.8 Å². The van der Waals surface area contributed by atoms with Crippen molar-refractivity contribution in [3.05, 3.63) is 44.6 Å². The summed E-state index contributed by atoms with van der Waals surface area (Å²) in [5.74, 6) is 0.933. The number of hydrogen-bond donors (Lipinski definition) is 1. The molecule has 20 heavy (non-hydrogen) atoms. The lowest BCUT2D eigenvalue weighted by Crippen LogP contribution is -2.07. The van der Waals surface area contributed by atoms with Crippen LogP contribution in [0.4, 0.5) is 11.4 Å². The van der Waals surface area contributed by atoms with Gasteiger partial charge in [-0.15, -0.1) is 11.3 Å². The molecule has 0 saturated carbocycles. The number of benzene rings is 1. The van der Waals surface area contributed by atoms with E-state index in [1.54, 1.807) is 17.4 Å². The predicted octanol–water partition coefficient (Wildman–Crippen LogP) is 3.56. The van der Waals surface area contributed by atoms with Gasteiger partial charge in [0.2, 0.25) is 6.79 Å². The van der Waals surface area contributed by atoms with Gasteiger partial charge >= 0.3 is 0 Å². The number of thiophene rings is 1. The maximum atomic E-state index is 11.2. The molecule has 2 heterocycles. The molecule has 1 aliphatic heterocycles. The van der Waals surface area contributed by atoms with E-state index in [1.807, 2.05) is 24.4 Å². The summed E-state index contributed by atoms with van der Waals surface area (Å²) >= 11 is 1.60. The van der Waals surface area contributed by atoms with E-state index in [2.05, 4.69) is 5.32 Å². The van der Waals surface area contributed by atoms with Gasteiger partial charge in [0.25, 0.3) is 5.69 Å². The highest BCUT2D eigenvalue weighted by Crippen LogP contribution is 2.41. The summed E-state index contributed by atoms with van der Waals surface area (Å²) in [5, 5.41) is 16.3. The quantitative estimate of drug-likeness (QED) is 0.689. The number of nitrogens with zero attached hydrogens (tertiary/aromatic N) is 1. The molecular weight excluding hydrogens is 280 g/mol. The van der Waals surface area contributed by atoms with E-state index >= 15 is 0 Å². The number of nitro groups is 1. The first kappa shape index (κ1) is 12.7. The minimum absolute atomic E-state index is 0.0161. The fraction of sp³-hybridized carbons (Fsp3) is 0.231. The van der Waals surface area contributed by atoms with Crippen LogP contribution in [0, 0.1) is 10.1 Å². The summed E-state index contributed by atoms with van der Waals surface area (Å²) < 4.78 is 10.4. The number of anilines is 1. The zero-order valence-corrected chi connectivity index (χ0v) is 11.5. The van der Waals surface area contributed by atoms with Crippen LogP contribution in [0.5, 0.6) is 11.5 Å². The molecule has 0 amide bonds. The van der Waals surface area contributed by atoms with Crippen molar-refractivity contribution >= 4 is 22.7 Å². The highest BCUT2D eigenvalue weighted by Gasteiger charge is 2.24. The van der Waals surface area contributed by atoms with Crippen molar-refractivity contribution in [3.63, 3.8) is 0 Å². The zero-order chi connectivity index (χ0) is 14.1. The third-order valence-corrected chi connectivity index (χ3v) is 4.08. The minimum Gasteiger partial charge on any atom is -0.454 e. The molecule has 0 bridgehead atoms. The van der Waals surface area contributed by atoms with Crippen molar-refractivity contribution in [3.8, 4) is 11.5 Å². The molecule has 0 saturated heterocycles. The van der Waals surface area contributed by atoms with E-state index in [4.69, 9.17) is 9.47 Å². The summed E-state index contributed by atoms with van der Waals surface area (Å²) in [5.41, 5.74) is 0.415. The molecule has 0 radical (unpaired) electrons. The summed E-state index contributed by atoms with van der Waals surface area (Å²) in [7, 11) is 0. The highest BCUT2D eigenvalue weighted by atomic mass is 32.1. The van der Waals surface area contributed by atoms with Crippen molar-refractivity contribution in [1.29, 1.82) is 0 Å². The van der Waals surface area contributed by atoms with Crippen molar-refractivity contribution < 1.29 is 14.4 Å². The van der Waals surface area contributed by atoms with E-state index in [-0.39, 0.29) is 18.5 Å². The summed E-state index contributed by atoms with van der Waals surface area (Å²) in [4.78, 5) is 11.8. The number of rotatable bonds is 4. The van der Waals surface area contributed by atoms with E-state index in [1.165, 1.54) is 6.07 Å². The van der Waals surface area contributed by atoms with Gasteiger partial charge in [0.05, 0.1) is 17.0 Å². The van der Waals surface area contributed by atoms with E-state index in [0.29, 0.717) is 17.2 Å². The van der Waals surface area contributed by atoms with E-state index < -0.39 is 4.92 Å². The van der Waals surface area contributed by atoms with Crippen LogP contribution in [0.2, 0.25) is 0 Å². The fourth-order valence-corrected chi connectivity index (χ4v) is 2.77. The number of fused-ring (bicyclic) bond motifs is 1. The second-order valence-corrected chi connectivity index (χ2v) is 5.34. The molecule has 1 N–H and O–H groups in total. The lowest BCUT2D eigenvalue weighted by molar-refractivity contribution is -0.384. The highest BCUT2D eigenvalue weighted by molar-refractivity contribution is 7.10. The largest absolute Gasteiger partial charge is 0.454 e. The van der Waals surface area contributed by atoms with Gasteiger partial charge in [0, 0.05) is 10.9 Å². The van der Waals surface area contributed by atoms with Crippen LogP contribution in [0.1, 0.15) is 17.8 Å². The number of nitro benzene ring substituents is 1. The van der Waals surface area contributed by atoms with Gasteiger partial charge in [-0.25, -0.2) is 0 Å². The first-order chi connectivity index (χ1) is 9.65. The Hall–Kier alpha value is -2.28. The molecule has 1 aliphatic rings. The van der Waals surface area contributed by atoms with E-state index in [0.717, 1.165) is 4.88 Å². The van der Waals surface area contributed by atoms with Crippen LogP contribution in [0.25, 0.3) is 0 Å². The van der Waals surface area contributed by atoms with Crippen LogP contribution in [-0.2, 0) is 0 Å². The Morgan fingerprint density at radius 3 is 2.80 bits per heavy atom. The standard InChI is InChI=1S/C13H12N2O4S/c1-8(13-3-2-4-20-13)14-9-5-11-12(19-7-18-11)6-10(9)15(16)17/h2-6,8,14H,7H2,1H3. The summed E-state index contributed by atoms with van der Waals surface area (Å²) in [6.07, 6.45) is 0. The molecule has 104 valence electrons. The van der Waals surface area contributed by atoms with Gasteiger partial charge in [-0.1, -0.05) is 6.07 Å². The molecule has 0 fully saturated rings. The maximum Gasteiger partial charge on any atom is 0.296 e. The molecule has 1 aromatic heterocycles. The van der Waals surface area contributed by atoms with Gasteiger partial charge in [-0.3, -0.25) is 10.1 Å². The Labute approximate surface area is 119 Å². The van der Waals surface area contributed by atoms with Crippen LogP contribution in [0.3, 0.4) is 0 Å². The monoisotopic (exact) mass is 292 g/mol. The third-order valence-electron chi connectivity index (χ3n) is 3.03. The van der Waals surface area contributed by atoms with Crippen molar-refractivity contribution in [2.24, 2.45) is 0 Å². The number of hydrogen-bond acceptors (Lipinski definition) is 6. The Balaban J connectivity index is 1.94. The number of nitrogens with one attached hydrogen (secondary N) is 1. The van der Waals surface area contributed by atoms with E-state index in [9.17, 15) is 10.1 Å². The molecule has 1 unspecified atom stereocenters. The van der Waals surface area contributed by atoms with Gasteiger partial charge in [0.15, 0.2) is 11.5 Å². The first-order valence-electron chi connectivity index (χ1n) is 6.03. The van der Waals surface area contributed by atoms with Crippen molar-refractivity contribution in [2.45, 2.75) is 13.0 Å². The molecule has 3 rings (SSSR count). The Morgan fingerprint density at radius 1 is 1.40 bits per heavy atom. The lowest BCUT2D eigenvalue weighted by Gasteiger charge is -2.14. The SMILES string of the molecule is CC(Nc1cc2c(cc1[N+](=O)[O-])OCO2)c1cccs1. The van der Waals surface area contributed by atoms with Crippen molar-refractivity contribution in [1.82, 2.24) is 0 Å². The van der Waals surface area contributed by atoms with Gasteiger partial charge in [-0.05, 0) is 18.4 Å². The third kappa shape index (κ3) is 2.27. The topological polar surface area (TPSA) is 73.6 Å². The Bertz CT molecular complexity index is 642. The lowest BCUT2D eigenvalue weighted by atomic mass is 10.2. The molecule has 2 aromatic rings. The van der Waals surface area contributed by atoms with Crippen LogP contribution in [-0.4, -0.2) is 11.7 Å². The molecule has 1 aromatic carbocycles. The van der Waals surface area contributed by atoms with Gasteiger partial charge in [0.1, 0.15) is 5.69 Å². The minimum atomic E-state index is -0.425. The molecule has 0 spiro atoms. The van der Waals surface area contributed by atoms with Crippen LogP contribution >= 0.6 is 11.3 Å². The molecule has 0 aliphatic carbocycles. The summed E-state index contributed by atoms with van der Waals surface area (Å²) in [6.45, 7) is 2.05. The van der Waals surface area contributed by atoms with Crippen LogP contribution < -0.4 is 14.8 Å². The normalized spacial score (nSPS) is 14.1.